The normalized spacial score (nSPS) is 10.7. The lowest BCUT2D eigenvalue weighted by atomic mass is 10.2. The van der Waals surface area contributed by atoms with Crippen LogP contribution < -0.4 is 5.32 Å². The Balaban J connectivity index is 1.83. The van der Waals surface area contributed by atoms with Crippen LogP contribution in [0.3, 0.4) is 0 Å². The number of nitro groups is 1. The van der Waals surface area contributed by atoms with E-state index in [0.29, 0.717) is 23.7 Å². The fourth-order valence-corrected chi connectivity index (χ4v) is 2.66. The van der Waals surface area contributed by atoms with E-state index in [9.17, 15) is 14.9 Å². The Morgan fingerprint density at radius 1 is 1.52 bits per heavy atom. The number of carbonyl (C=O) groups excluding carboxylic acids is 1. The molecular formula is C12H16N4O4S. The molecule has 2 aromatic rings. The number of ether oxygens (including phenoxy) is 1. The van der Waals surface area contributed by atoms with Crippen LogP contribution in [0.5, 0.6) is 0 Å². The number of hydrogen-bond donors (Lipinski definition) is 1. The minimum Gasteiger partial charge on any atom is -0.469 e. The highest BCUT2D eigenvalue weighted by Crippen LogP contribution is 2.27. The van der Waals surface area contributed by atoms with Crippen LogP contribution in [0.1, 0.15) is 25.7 Å². The SMILES string of the molecule is COC(=O)CCCCCNc1nc2sccn2c1[N+](=O)[O-]. The van der Waals surface area contributed by atoms with Gasteiger partial charge in [-0.15, -0.1) is 0 Å². The summed E-state index contributed by atoms with van der Waals surface area (Å²) in [7, 11) is 1.37. The van der Waals surface area contributed by atoms with Gasteiger partial charge in [0.1, 0.15) is 6.20 Å². The number of fused-ring (bicyclic) bond motifs is 1. The van der Waals surface area contributed by atoms with Gasteiger partial charge >= 0.3 is 11.8 Å². The van der Waals surface area contributed by atoms with Gasteiger partial charge in [-0.05, 0) is 17.8 Å². The van der Waals surface area contributed by atoms with E-state index in [2.05, 4.69) is 15.0 Å². The molecule has 0 aliphatic carbocycles. The number of rotatable bonds is 8. The summed E-state index contributed by atoms with van der Waals surface area (Å²) >= 11 is 1.35. The van der Waals surface area contributed by atoms with E-state index in [1.807, 2.05) is 0 Å². The molecule has 9 heteroatoms. The van der Waals surface area contributed by atoms with E-state index in [-0.39, 0.29) is 11.8 Å². The second kappa shape index (κ2) is 7.02. The van der Waals surface area contributed by atoms with Crippen molar-refractivity contribution in [3.05, 3.63) is 21.7 Å². The summed E-state index contributed by atoms with van der Waals surface area (Å²) in [6, 6.07) is 0. The molecule has 0 unspecified atom stereocenters. The predicted molar refractivity (Wildman–Crippen MR) is 78.7 cm³/mol. The summed E-state index contributed by atoms with van der Waals surface area (Å²) in [6.07, 6.45) is 4.43. The van der Waals surface area contributed by atoms with Crippen LogP contribution in [0.4, 0.5) is 11.6 Å². The lowest BCUT2D eigenvalue weighted by Gasteiger charge is -2.03. The maximum atomic E-state index is 11.1. The Bertz CT molecular complexity index is 636. The van der Waals surface area contributed by atoms with Gasteiger partial charge in [0, 0.05) is 18.3 Å². The molecule has 0 radical (unpaired) electrons. The van der Waals surface area contributed by atoms with Crippen LogP contribution in [0.15, 0.2) is 11.6 Å². The van der Waals surface area contributed by atoms with Crippen molar-refractivity contribution in [1.82, 2.24) is 9.38 Å². The molecule has 114 valence electrons. The number of aromatic nitrogens is 2. The first-order valence-corrected chi connectivity index (χ1v) is 7.42. The van der Waals surface area contributed by atoms with Crippen molar-refractivity contribution < 1.29 is 14.5 Å². The quantitative estimate of drug-likeness (QED) is 0.348. The summed E-state index contributed by atoms with van der Waals surface area (Å²) in [4.78, 5) is 26.4. The highest BCUT2D eigenvalue weighted by Gasteiger charge is 2.22. The first-order chi connectivity index (χ1) is 10.1. The van der Waals surface area contributed by atoms with Gasteiger partial charge in [-0.3, -0.25) is 4.79 Å². The molecule has 0 saturated carbocycles. The highest BCUT2D eigenvalue weighted by molar-refractivity contribution is 7.15. The second-order valence-corrected chi connectivity index (χ2v) is 5.28. The zero-order chi connectivity index (χ0) is 15.2. The molecule has 2 aromatic heterocycles. The van der Waals surface area contributed by atoms with Crippen molar-refractivity contribution >= 4 is 33.9 Å². The van der Waals surface area contributed by atoms with Gasteiger partial charge in [0.15, 0.2) is 0 Å². The molecule has 0 aliphatic rings. The van der Waals surface area contributed by atoms with Crippen LogP contribution in [-0.2, 0) is 9.53 Å². The Hall–Kier alpha value is -2.16. The Morgan fingerprint density at radius 3 is 3.05 bits per heavy atom. The Kier molecular flexibility index (Phi) is 5.09. The first kappa shape index (κ1) is 15.2. The molecule has 0 bridgehead atoms. The van der Waals surface area contributed by atoms with Gasteiger partial charge in [0.05, 0.1) is 7.11 Å². The molecule has 2 rings (SSSR count). The average molecular weight is 312 g/mol. The summed E-state index contributed by atoms with van der Waals surface area (Å²) in [5.74, 6) is 0.0357. The second-order valence-electron chi connectivity index (χ2n) is 4.41. The lowest BCUT2D eigenvalue weighted by molar-refractivity contribution is -0.389. The third-order valence-electron chi connectivity index (χ3n) is 2.99. The van der Waals surface area contributed by atoms with Crippen molar-refractivity contribution in [2.75, 3.05) is 19.0 Å². The van der Waals surface area contributed by atoms with Gasteiger partial charge in [0.25, 0.3) is 4.96 Å². The number of anilines is 1. The number of unbranched alkanes of at least 4 members (excludes halogenated alkanes) is 2. The standard InChI is InChI=1S/C12H16N4O4S/c1-20-9(17)5-3-2-4-6-13-10-11(16(18)19)15-7-8-21-12(15)14-10/h7-8,13H,2-6H2,1H3. The molecule has 21 heavy (non-hydrogen) atoms. The van der Waals surface area contributed by atoms with Crippen molar-refractivity contribution in [3.8, 4) is 0 Å². The molecule has 0 aliphatic heterocycles. The number of thiazole rings is 1. The van der Waals surface area contributed by atoms with E-state index >= 15 is 0 Å². The van der Waals surface area contributed by atoms with Crippen molar-refractivity contribution in [2.24, 2.45) is 0 Å². The average Bonchev–Trinajstić information content (AvgIpc) is 3.01. The third kappa shape index (κ3) is 3.69. The maximum Gasteiger partial charge on any atom is 0.372 e. The zero-order valence-corrected chi connectivity index (χ0v) is 12.4. The van der Waals surface area contributed by atoms with Gasteiger partial charge in [-0.1, -0.05) is 17.8 Å². The molecule has 0 atom stereocenters. The molecular weight excluding hydrogens is 296 g/mol. The summed E-state index contributed by atoms with van der Waals surface area (Å²) in [5.41, 5.74) is 0. The number of esters is 1. The molecule has 0 amide bonds. The fourth-order valence-electron chi connectivity index (χ4n) is 1.95. The van der Waals surface area contributed by atoms with Crippen LogP contribution in [-0.4, -0.2) is 33.9 Å². The minimum atomic E-state index is -0.438. The lowest BCUT2D eigenvalue weighted by Crippen LogP contribution is -2.05. The van der Waals surface area contributed by atoms with Gasteiger partial charge in [-0.2, -0.15) is 9.38 Å². The summed E-state index contributed by atoms with van der Waals surface area (Å²) in [5, 5.41) is 15.8. The molecule has 0 spiro atoms. The highest BCUT2D eigenvalue weighted by atomic mass is 32.1. The number of hydrogen-bond acceptors (Lipinski definition) is 7. The summed E-state index contributed by atoms with van der Waals surface area (Å²) < 4.78 is 6.01. The first-order valence-electron chi connectivity index (χ1n) is 6.54. The fraction of sp³-hybridized carbons (Fsp3) is 0.500. The third-order valence-corrected chi connectivity index (χ3v) is 3.74. The number of nitrogens with zero attached hydrogens (tertiary/aromatic N) is 3. The maximum absolute atomic E-state index is 11.1. The zero-order valence-electron chi connectivity index (χ0n) is 11.6. The molecule has 0 saturated heterocycles. The van der Waals surface area contributed by atoms with E-state index < -0.39 is 4.92 Å². The van der Waals surface area contributed by atoms with E-state index in [1.54, 1.807) is 11.6 Å². The van der Waals surface area contributed by atoms with Crippen molar-refractivity contribution in [2.45, 2.75) is 25.7 Å². The largest absolute Gasteiger partial charge is 0.469 e. The molecule has 0 fully saturated rings. The topological polar surface area (TPSA) is 98.8 Å². The number of carbonyl (C=O) groups is 1. The van der Waals surface area contributed by atoms with Crippen molar-refractivity contribution in [1.29, 1.82) is 0 Å². The monoisotopic (exact) mass is 312 g/mol. The predicted octanol–water partition coefficient (Wildman–Crippen LogP) is 2.45. The van der Waals surface area contributed by atoms with Gasteiger partial charge < -0.3 is 20.2 Å². The number of methoxy groups -OCH3 is 1. The van der Waals surface area contributed by atoms with Crippen LogP contribution in [0, 0.1) is 10.1 Å². The molecule has 1 N–H and O–H groups in total. The van der Waals surface area contributed by atoms with E-state index in [1.165, 1.54) is 22.8 Å². The molecule has 8 nitrogen and oxygen atoms in total. The van der Waals surface area contributed by atoms with Crippen molar-refractivity contribution in [3.63, 3.8) is 0 Å². The van der Waals surface area contributed by atoms with Gasteiger partial charge in [-0.25, -0.2) is 0 Å². The molecule has 2 heterocycles. The number of nitrogens with one attached hydrogen (secondary N) is 1. The van der Waals surface area contributed by atoms with Crippen LogP contribution in [0.2, 0.25) is 0 Å². The molecule has 0 aromatic carbocycles. The van der Waals surface area contributed by atoms with Crippen LogP contribution >= 0.6 is 11.3 Å². The van der Waals surface area contributed by atoms with Crippen LogP contribution in [0.25, 0.3) is 4.96 Å². The number of imidazole rings is 1. The smallest absolute Gasteiger partial charge is 0.372 e. The van der Waals surface area contributed by atoms with Gasteiger partial charge in [0.2, 0.25) is 5.82 Å². The minimum absolute atomic E-state index is 0.0409. The van der Waals surface area contributed by atoms with E-state index in [4.69, 9.17) is 0 Å². The van der Waals surface area contributed by atoms with E-state index in [0.717, 1.165) is 19.3 Å². The Labute approximate surface area is 124 Å². The summed E-state index contributed by atoms with van der Waals surface area (Å²) in [6.45, 7) is 0.576. The Morgan fingerprint density at radius 2 is 2.33 bits per heavy atom.